The number of nitrogens with zero attached hydrogens (tertiary/aromatic N) is 2. The van der Waals surface area contributed by atoms with Crippen LogP contribution >= 0.6 is 0 Å². The van der Waals surface area contributed by atoms with Crippen molar-refractivity contribution in [3.8, 4) is 0 Å². The zero-order valence-corrected chi connectivity index (χ0v) is 8.67. The SMILES string of the molecule is [2H][C@@H]1CCCN(c2cncc(C(F)(F)F)c2)C1. The largest absolute Gasteiger partial charge is 0.417 e. The number of hydrogen-bond acceptors (Lipinski definition) is 2. The minimum Gasteiger partial charge on any atom is -0.370 e. The van der Waals surface area contributed by atoms with Crippen molar-refractivity contribution in [3.05, 3.63) is 24.0 Å². The second-order valence-electron chi connectivity index (χ2n) is 3.81. The van der Waals surface area contributed by atoms with Crippen molar-refractivity contribution >= 4 is 5.69 Å². The molecule has 1 aromatic rings. The summed E-state index contributed by atoms with van der Waals surface area (Å²) in [5, 5.41) is 0. The summed E-state index contributed by atoms with van der Waals surface area (Å²) in [6, 6.07) is 1.10. The number of anilines is 1. The van der Waals surface area contributed by atoms with Crippen LogP contribution < -0.4 is 4.90 Å². The van der Waals surface area contributed by atoms with E-state index in [0.717, 1.165) is 25.1 Å². The highest BCUT2D eigenvalue weighted by Crippen LogP contribution is 2.31. The lowest BCUT2D eigenvalue weighted by Crippen LogP contribution is -2.29. The van der Waals surface area contributed by atoms with Gasteiger partial charge in [0.2, 0.25) is 0 Å². The zero-order chi connectivity index (χ0) is 12.5. The third kappa shape index (κ3) is 2.46. The van der Waals surface area contributed by atoms with Crippen LogP contribution in [0.1, 0.15) is 26.2 Å². The molecule has 1 fully saturated rings. The third-order valence-electron chi connectivity index (χ3n) is 2.60. The topological polar surface area (TPSA) is 16.1 Å². The summed E-state index contributed by atoms with van der Waals surface area (Å²) in [6.45, 7) is 1.17. The molecule has 1 aliphatic rings. The van der Waals surface area contributed by atoms with Crippen LogP contribution in [-0.4, -0.2) is 18.1 Å². The van der Waals surface area contributed by atoms with E-state index in [1.54, 1.807) is 4.90 Å². The maximum absolute atomic E-state index is 12.5. The van der Waals surface area contributed by atoms with Gasteiger partial charge in [0.25, 0.3) is 0 Å². The Labute approximate surface area is 93.5 Å². The van der Waals surface area contributed by atoms with E-state index in [0.29, 0.717) is 18.8 Å². The lowest BCUT2D eigenvalue weighted by atomic mass is 10.1. The van der Waals surface area contributed by atoms with E-state index >= 15 is 0 Å². The van der Waals surface area contributed by atoms with Crippen molar-refractivity contribution in [3.63, 3.8) is 0 Å². The monoisotopic (exact) mass is 231 g/mol. The van der Waals surface area contributed by atoms with Crippen molar-refractivity contribution in [2.24, 2.45) is 0 Å². The molecular formula is C11H13F3N2. The summed E-state index contributed by atoms with van der Waals surface area (Å²) < 4.78 is 45.2. The first-order valence-electron chi connectivity index (χ1n) is 5.74. The normalized spacial score (nSPS) is 23.1. The predicted octanol–water partition coefficient (Wildman–Crippen LogP) is 3.09. The van der Waals surface area contributed by atoms with E-state index in [1.807, 2.05) is 0 Å². The molecule has 2 heterocycles. The molecule has 0 saturated carbocycles. The van der Waals surface area contributed by atoms with Gasteiger partial charge >= 0.3 is 6.18 Å². The van der Waals surface area contributed by atoms with Gasteiger partial charge in [0.05, 0.1) is 17.4 Å². The molecule has 0 radical (unpaired) electrons. The molecule has 2 rings (SSSR count). The van der Waals surface area contributed by atoms with Gasteiger partial charge in [0.1, 0.15) is 0 Å². The van der Waals surface area contributed by atoms with Crippen LogP contribution in [0.4, 0.5) is 18.9 Å². The molecule has 1 aromatic heterocycles. The molecule has 0 amide bonds. The van der Waals surface area contributed by atoms with Gasteiger partial charge in [-0.05, 0) is 25.3 Å². The zero-order valence-electron chi connectivity index (χ0n) is 9.67. The lowest BCUT2D eigenvalue weighted by Gasteiger charge is -2.28. The van der Waals surface area contributed by atoms with Gasteiger partial charge in [-0.25, -0.2) is 0 Å². The van der Waals surface area contributed by atoms with Crippen molar-refractivity contribution < 1.29 is 14.5 Å². The second-order valence-corrected chi connectivity index (χ2v) is 3.81. The van der Waals surface area contributed by atoms with Crippen molar-refractivity contribution in [2.45, 2.75) is 25.4 Å². The molecule has 88 valence electrons. The van der Waals surface area contributed by atoms with E-state index < -0.39 is 11.7 Å². The van der Waals surface area contributed by atoms with Crippen LogP contribution in [0, 0.1) is 0 Å². The number of piperidine rings is 1. The minimum atomic E-state index is -4.36. The number of hydrogen-bond donors (Lipinski definition) is 0. The van der Waals surface area contributed by atoms with Crippen molar-refractivity contribution in [1.82, 2.24) is 4.98 Å². The fourth-order valence-electron chi connectivity index (χ4n) is 1.76. The predicted molar refractivity (Wildman–Crippen MR) is 55.3 cm³/mol. The molecule has 5 heteroatoms. The van der Waals surface area contributed by atoms with Crippen molar-refractivity contribution in [1.29, 1.82) is 0 Å². The first-order chi connectivity index (χ1) is 7.97. The Kier molecular flexibility index (Phi) is 2.68. The first-order valence-corrected chi connectivity index (χ1v) is 5.16. The smallest absolute Gasteiger partial charge is 0.370 e. The number of aromatic nitrogens is 1. The molecule has 1 saturated heterocycles. The second kappa shape index (κ2) is 4.31. The highest BCUT2D eigenvalue weighted by atomic mass is 19.4. The minimum absolute atomic E-state index is 0.224. The Balaban J connectivity index is 2.21. The van der Waals surface area contributed by atoms with Crippen LogP contribution in [0.3, 0.4) is 0 Å². The maximum Gasteiger partial charge on any atom is 0.417 e. The molecule has 1 atom stereocenters. The van der Waals surface area contributed by atoms with Gasteiger partial charge in [-0.2, -0.15) is 13.2 Å². The number of pyridine rings is 1. The van der Waals surface area contributed by atoms with E-state index in [4.69, 9.17) is 1.37 Å². The molecule has 0 bridgehead atoms. The van der Waals surface area contributed by atoms with Gasteiger partial charge in [0.15, 0.2) is 0 Å². The van der Waals surface area contributed by atoms with Gasteiger partial charge in [-0.1, -0.05) is 0 Å². The van der Waals surface area contributed by atoms with Gasteiger partial charge in [-0.15, -0.1) is 0 Å². The lowest BCUT2D eigenvalue weighted by molar-refractivity contribution is -0.137. The van der Waals surface area contributed by atoms with E-state index in [-0.39, 0.29) is 6.40 Å². The van der Waals surface area contributed by atoms with Gasteiger partial charge in [-0.3, -0.25) is 4.98 Å². The average Bonchev–Trinajstić information content (AvgIpc) is 2.28. The van der Waals surface area contributed by atoms with Crippen molar-refractivity contribution in [2.75, 3.05) is 18.0 Å². The van der Waals surface area contributed by atoms with Gasteiger partial charge < -0.3 is 4.90 Å². The number of rotatable bonds is 1. The molecule has 0 aliphatic carbocycles. The summed E-state index contributed by atoms with van der Waals surface area (Å²) >= 11 is 0. The Morgan fingerprint density at radius 1 is 1.25 bits per heavy atom. The highest BCUT2D eigenvalue weighted by molar-refractivity contribution is 5.46. The summed E-state index contributed by atoms with van der Waals surface area (Å²) in [6.07, 6.45) is -0.691. The van der Waals surface area contributed by atoms with E-state index in [2.05, 4.69) is 4.98 Å². The Morgan fingerprint density at radius 3 is 2.75 bits per heavy atom. The van der Waals surface area contributed by atoms with Crippen LogP contribution in [0.5, 0.6) is 0 Å². The molecule has 16 heavy (non-hydrogen) atoms. The first kappa shape index (κ1) is 9.93. The Hall–Kier alpha value is -1.26. The van der Waals surface area contributed by atoms with Crippen LogP contribution in [0.15, 0.2) is 18.5 Å². The maximum atomic E-state index is 12.5. The fraction of sp³-hybridized carbons (Fsp3) is 0.545. The summed E-state index contributed by atoms with van der Waals surface area (Å²) in [5.41, 5.74) is -0.279. The Morgan fingerprint density at radius 2 is 2.06 bits per heavy atom. The average molecular weight is 231 g/mol. The molecular weight excluding hydrogens is 217 g/mol. The fourth-order valence-corrected chi connectivity index (χ4v) is 1.76. The molecule has 0 spiro atoms. The number of alkyl halides is 3. The van der Waals surface area contributed by atoms with Crippen LogP contribution in [0.2, 0.25) is 0 Å². The molecule has 2 nitrogen and oxygen atoms in total. The van der Waals surface area contributed by atoms with E-state index in [1.165, 1.54) is 6.20 Å². The van der Waals surface area contributed by atoms with Crippen LogP contribution in [-0.2, 0) is 6.18 Å². The quantitative estimate of drug-likeness (QED) is 0.738. The molecule has 0 N–H and O–H groups in total. The van der Waals surface area contributed by atoms with Crippen LogP contribution in [0.25, 0.3) is 0 Å². The van der Waals surface area contributed by atoms with E-state index in [9.17, 15) is 13.2 Å². The van der Waals surface area contributed by atoms with Gasteiger partial charge in [0, 0.05) is 20.7 Å². The summed E-state index contributed by atoms with van der Waals surface area (Å²) in [7, 11) is 0. The standard InChI is InChI=1S/C11H13F3N2/c12-11(13,14)9-6-10(8-15-7-9)16-4-2-1-3-5-16/h6-8H,1-5H2/i2D/t2-/m1/s1. The molecule has 1 aliphatic heterocycles. The highest BCUT2D eigenvalue weighted by Gasteiger charge is 2.31. The third-order valence-corrected chi connectivity index (χ3v) is 2.60. The molecule has 0 aromatic carbocycles. The number of halogens is 3. The Bertz CT molecular complexity index is 395. The summed E-state index contributed by atoms with van der Waals surface area (Å²) in [5.74, 6) is 0. The molecule has 0 unspecified atom stereocenters. The summed E-state index contributed by atoms with van der Waals surface area (Å²) in [4.78, 5) is 5.42.